The lowest BCUT2D eigenvalue weighted by molar-refractivity contribution is -0.533. The Kier molecular flexibility index (Phi) is 11.2. The first-order valence-electron chi connectivity index (χ1n) is 12.3. The van der Waals surface area contributed by atoms with Gasteiger partial charge < -0.3 is 33.2 Å². The van der Waals surface area contributed by atoms with Crippen LogP contribution < -0.4 is 28.4 Å². The Morgan fingerprint density at radius 2 is 1.52 bits per heavy atom. The first-order valence-corrected chi connectivity index (χ1v) is 12.3. The number of benzene rings is 2. The lowest BCUT2D eigenvalue weighted by atomic mass is 9.77. The molecule has 0 heterocycles. The third kappa shape index (κ3) is 6.97. The van der Waals surface area contributed by atoms with Gasteiger partial charge in [0.2, 0.25) is 11.5 Å². The monoisotopic (exact) mass is 560 g/mol. The predicted molar refractivity (Wildman–Crippen MR) is 144 cm³/mol. The van der Waals surface area contributed by atoms with Crippen LogP contribution in [0.2, 0.25) is 0 Å². The standard InChI is InChI=1S/C28H36N2O10/c1-17(31)40-21(20(30(32)33)13-18-9-10-22(34-3)23(14-18)35-4)11-12-28(2,16-29)19-15-24(36-5)26(38-7)27(39-8)25(19)37-6/h9-10,14-15,20-21H,11-13H2,1-8H3. The van der Waals surface area contributed by atoms with Gasteiger partial charge in [-0.15, -0.1) is 0 Å². The number of carbonyl (C=O) groups excluding carboxylic acids is 1. The molecule has 40 heavy (non-hydrogen) atoms. The first-order chi connectivity index (χ1) is 19.0. The SMILES string of the molecule is COc1ccc(CC(C(CCC(C)(C#N)c2cc(OC)c(OC)c(OC)c2OC)OC(C)=O)[N+](=O)[O-])cc1OC. The summed E-state index contributed by atoms with van der Waals surface area (Å²) in [6.45, 7) is 2.85. The zero-order valence-corrected chi connectivity index (χ0v) is 24.1. The molecule has 0 radical (unpaired) electrons. The Morgan fingerprint density at radius 3 is 2.00 bits per heavy atom. The van der Waals surface area contributed by atoms with Crippen LogP contribution in [0.3, 0.4) is 0 Å². The molecule has 0 fully saturated rings. The molecule has 0 aromatic heterocycles. The van der Waals surface area contributed by atoms with E-state index in [-0.39, 0.29) is 36.5 Å². The summed E-state index contributed by atoms with van der Waals surface area (Å²) < 4.78 is 38.0. The third-order valence-corrected chi connectivity index (χ3v) is 6.67. The molecule has 2 rings (SSSR count). The lowest BCUT2D eigenvalue weighted by Gasteiger charge is -2.29. The fourth-order valence-corrected chi connectivity index (χ4v) is 4.56. The van der Waals surface area contributed by atoms with Gasteiger partial charge in [0, 0.05) is 23.8 Å². The van der Waals surface area contributed by atoms with Crippen LogP contribution in [-0.4, -0.2) is 65.7 Å². The van der Waals surface area contributed by atoms with Crippen molar-refractivity contribution in [2.75, 3.05) is 42.7 Å². The van der Waals surface area contributed by atoms with Crippen LogP contribution in [0.4, 0.5) is 0 Å². The molecule has 0 bridgehead atoms. The quantitative estimate of drug-likeness (QED) is 0.176. The molecule has 0 spiro atoms. The van der Waals surface area contributed by atoms with E-state index in [1.807, 2.05) is 0 Å². The molecule has 0 aliphatic rings. The number of methoxy groups -OCH3 is 6. The number of rotatable bonds is 15. The summed E-state index contributed by atoms with van der Waals surface area (Å²) in [5.74, 6) is 1.30. The largest absolute Gasteiger partial charge is 0.493 e. The highest BCUT2D eigenvalue weighted by Gasteiger charge is 2.40. The van der Waals surface area contributed by atoms with E-state index < -0.39 is 28.5 Å². The minimum atomic E-state index is -1.30. The zero-order valence-electron chi connectivity index (χ0n) is 24.1. The molecule has 2 aromatic carbocycles. The fourth-order valence-electron chi connectivity index (χ4n) is 4.56. The average Bonchev–Trinajstić information content (AvgIpc) is 2.95. The number of nitro groups is 1. The van der Waals surface area contributed by atoms with Gasteiger partial charge >= 0.3 is 5.97 Å². The minimum absolute atomic E-state index is 0.00237. The van der Waals surface area contributed by atoms with Crippen molar-refractivity contribution in [2.45, 2.75) is 50.7 Å². The predicted octanol–water partition coefficient (Wildman–Crippen LogP) is 4.12. The maximum Gasteiger partial charge on any atom is 0.303 e. The number of ether oxygens (including phenoxy) is 7. The second-order valence-electron chi connectivity index (χ2n) is 9.10. The number of carbonyl (C=O) groups is 1. The fraction of sp³-hybridized carbons (Fsp3) is 0.500. The summed E-state index contributed by atoms with van der Waals surface area (Å²) in [6, 6.07) is 7.57. The minimum Gasteiger partial charge on any atom is -0.493 e. The molecular formula is C28H36N2O10. The summed E-state index contributed by atoms with van der Waals surface area (Å²) in [5, 5.41) is 22.5. The number of nitriles is 1. The van der Waals surface area contributed by atoms with Crippen LogP contribution in [0, 0.1) is 21.4 Å². The molecule has 0 saturated heterocycles. The molecule has 2 aromatic rings. The second-order valence-corrected chi connectivity index (χ2v) is 9.10. The Balaban J connectivity index is 2.50. The van der Waals surface area contributed by atoms with Crippen LogP contribution in [0.5, 0.6) is 34.5 Å². The van der Waals surface area contributed by atoms with Crippen molar-refractivity contribution in [3.05, 3.63) is 45.5 Å². The van der Waals surface area contributed by atoms with Crippen molar-refractivity contribution in [3.8, 4) is 40.6 Å². The van der Waals surface area contributed by atoms with Gasteiger partial charge in [0.15, 0.2) is 29.1 Å². The Morgan fingerprint density at radius 1 is 0.925 bits per heavy atom. The molecule has 0 amide bonds. The van der Waals surface area contributed by atoms with Gasteiger partial charge in [-0.3, -0.25) is 14.9 Å². The number of esters is 1. The molecule has 12 heteroatoms. The van der Waals surface area contributed by atoms with Gasteiger partial charge in [0.05, 0.1) is 54.1 Å². The number of hydrogen-bond acceptors (Lipinski definition) is 11. The van der Waals surface area contributed by atoms with Gasteiger partial charge in [0.1, 0.15) is 0 Å². The normalized spacial score (nSPS) is 13.6. The Bertz CT molecular complexity index is 1240. The summed E-state index contributed by atoms with van der Waals surface area (Å²) in [5.41, 5.74) is -0.238. The van der Waals surface area contributed by atoms with E-state index in [1.54, 1.807) is 31.2 Å². The summed E-state index contributed by atoms with van der Waals surface area (Å²) in [6.07, 6.45) is -1.11. The van der Waals surface area contributed by atoms with E-state index in [0.29, 0.717) is 28.4 Å². The van der Waals surface area contributed by atoms with E-state index in [2.05, 4.69) is 6.07 Å². The molecule has 0 aliphatic carbocycles. The Labute approximate surface area is 233 Å². The highest BCUT2D eigenvalue weighted by atomic mass is 16.6. The van der Waals surface area contributed by atoms with E-state index in [4.69, 9.17) is 33.2 Å². The zero-order chi connectivity index (χ0) is 30.0. The highest BCUT2D eigenvalue weighted by Crippen LogP contribution is 2.50. The molecule has 12 nitrogen and oxygen atoms in total. The summed E-state index contributed by atoms with van der Waals surface area (Å²) >= 11 is 0. The molecule has 0 saturated carbocycles. The molecule has 0 aliphatic heterocycles. The number of nitrogens with zero attached hydrogens (tertiary/aromatic N) is 2. The van der Waals surface area contributed by atoms with Gasteiger partial charge in [-0.2, -0.15) is 5.26 Å². The van der Waals surface area contributed by atoms with Crippen molar-refractivity contribution in [1.82, 2.24) is 0 Å². The molecule has 218 valence electrons. The Hall–Kier alpha value is -4.40. The van der Waals surface area contributed by atoms with Crippen molar-refractivity contribution in [3.63, 3.8) is 0 Å². The van der Waals surface area contributed by atoms with Crippen LogP contribution in [0.1, 0.15) is 37.8 Å². The average molecular weight is 561 g/mol. The van der Waals surface area contributed by atoms with Gasteiger partial charge in [-0.25, -0.2) is 0 Å². The van der Waals surface area contributed by atoms with Crippen LogP contribution in [0.15, 0.2) is 24.3 Å². The third-order valence-electron chi connectivity index (χ3n) is 6.67. The topological polar surface area (TPSA) is 149 Å². The van der Waals surface area contributed by atoms with Gasteiger partial charge in [-0.1, -0.05) is 6.07 Å². The lowest BCUT2D eigenvalue weighted by Crippen LogP contribution is -2.40. The smallest absolute Gasteiger partial charge is 0.303 e. The molecule has 0 N–H and O–H groups in total. The van der Waals surface area contributed by atoms with E-state index in [9.17, 15) is 20.2 Å². The van der Waals surface area contributed by atoms with Crippen molar-refractivity contribution < 1.29 is 42.9 Å². The van der Waals surface area contributed by atoms with Crippen molar-refractivity contribution in [1.29, 1.82) is 5.26 Å². The maximum absolute atomic E-state index is 12.2. The van der Waals surface area contributed by atoms with Crippen molar-refractivity contribution in [2.24, 2.45) is 0 Å². The first kappa shape index (κ1) is 31.8. The molecular weight excluding hydrogens is 524 g/mol. The maximum atomic E-state index is 12.2. The second kappa shape index (κ2) is 14.1. The molecule has 3 atom stereocenters. The van der Waals surface area contributed by atoms with E-state index >= 15 is 0 Å². The van der Waals surface area contributed by atoms with Gasteiger partial charge in [-0.05, 0) is 43.5 Å². The number of hydrogen-bond donors (Lipinski definition) is 0. The van der Waals surface area contributed by atoms with Crippen LogP contribution in [-0.2, 0) is 21.4 Å². The van der Waals surface area contributed by atoms with E-state index in [0.717, 1.165) is 0 Å². The van der Waals surface area contributed by atoms with Crippen LogP contribution in [0.25, 0.3) is 0 Å². The van der Waals surface area contributed by atoms with Crippen molar-refractivity contribution >= 4 is 5.97 Å². The van der Waals surface area contributed by atoms with Crippen LogP contribution >= 0.6 is 0 Å². The highest BCUT2D eigenvalue weighted by molar-refractivity contribution is 5.66. The summed E-state index contributed by atoms with van der Waals surface area (Å²) in [4.78, 5) is 23.8. The van der Waals surface area contributed by atoms with Gasteiger partial charge in [0.25, 0.3) is 6.04 Å². The summed E-state index contributed by atoms with van der Waals surface area (Å²) in [7, 11) is 8.71. The molecule has 3 unspecified atom stereocenters. The van der Waals surface area contributed by atoms with E-state index in [1.165, 1.54) is 49.6 Å².